The van der Waals surface area contributed by atoms with Gasteiger partial charge in [0.2, 0.25) is 5.88 Å². The van der Waals surface area contributed by atoms with Crippen molar-refractivity contribution in [3.05, 3.63) is 58.5 Å². The van der Waals surface area contributed by atoms with Gasteiger partial charge in [-0.15, -0.1) is 0 Å². The van der Waals surface area contributed by atoms with Crippen molar-refractivity contribution >= 4 is 28.7 Å². The Balaban J connectivity index is 1.80. The molecule has 0 aliphatic heterocycles. The highest BCUT2D eigenvalue weighted by atomic mass is 19.4. The van der Waals surface area contributed by atoms with E-state index in [4.69, 9.17) is 14.4 Å². The van der Waals surface area contributed by atoms with Gasteiger partial charge in [0.1, 0.15) is 17.4 Å². The van der Waals surface area contributed by atoms with E-state index < -0.39 is 35.8 Å². The predicted octanol–water partition coefficient (Wildman–Crippen LogP) is 4.13. The number of halogens is 3. The van der Waals surface area contributed by atoms with Gasteiger partial charge in [-0.2, -0.15) is 18.4 Å². The number of benzene rings is 1. The number of ether oxygens (including phenoxy) is 1. The Labute approximate surface area is 168 Å². The third-order valence-corrected chi connectivity index (χ3v) is 4.36. The number of rotatable bonds is 4. The summed E-state index contributed by atoms with van der Waals surface area (Å²) in [5, 5.41) is 11.1. The van der Waals surface area contributed by atoms with Gasteiger partial charge in [-0.3, -0.25) is 15.1 Å². The molecule has 0 aliphatic rings. The number of hydrogen-bond donors (Lipinski definition) is 1. The Bertz CT molecular complexity index is 1190. The maximum atomic E-state index is 13.6. The summed E-state index contributed by atoms with van der Waals surface area (Å²) in [5.74, 6) is -1.95. The molecule has 3 aromatic rings. The van der Waals surface area contributed by atoms with E-state index in [9.17, 15) is 22.8 Å². The molecule has 2 aromatic heterocycles. The lowest BCUT2D eigenvalue weighted by molar-refractivity contribution is -0.136. The van der Waals surface area contributed by atoms with Crippen LogP contribution in [0.25, 0.3) is 10.9 Å². The van der Waals surface area contributed by atoms with Crippen molar-refractivity contribution in [3.63, 3.8) is 0 Å². The number of furan rings is 1. The molecular formula is C20H14F3N3O4. The average molecular weight is 417 g/mol. The van der Waals surface area contributed by atoms with Crippen molar-refractivity contribution in [2.45, 2.75) is 20.0 Å². The molecule has 1 aromatic carbocycles. The van der Waals surface area contributed by atoms with Crippen LogP contribution in [0.15, 0.2) is 34.9 Å². The van der Waals surface area contributed by atoms with E-state index in [0.29, 0.717) is 11.3 Å². The molecule has 30 heavy (non-hydrogen) atoms. The number of nitrogens with one attached hydrogen (secondary N) is 1. The first-order chi connectivity index (χ1) is 14.1. The second-order valence-corrected chi connectivity index (χ2v) is 6.29. The van der Waals surface area contributed by atoms with Crippen LogP contribution in [0.1, 0.15) is 32.8 Å². The van der Waals surface area contributed by atoms with Crippen molar-refractivity contribution in [2.75, 3.05) is 11.9 Å². The van der Waals surface area contributed by atoms with Crippen LogP contribution in [-0.4, -0.2) is 23.5 Å². The van der Waals surface area contributed by atoms with Gasteiger partial charge in [0.15, 0.2) is 6.61 Å². The van der Waals surface area contributed by atoms with Crippen LogP contribution in [-0.2, 0) is 15.7 Å². The predicted molar refractivity (Wildman–Crippen MR) is 98.6 cm³/mol. The zero-order valence-electron chi connectivity index (χ0n) is 15.8. The van der Waals surface area contributed by atoms with E-state index in [1.54, 1.807) is 13.8 Å². The van der Waals surface area contributed by atoms with Crippen LogP contribution in [0.5, 0.6) is 0 Å². The van der Waals surface area contributed by atoms with Crippen molar-refractivity contribution in [1.82, 2.24) is 4.98 Å². The van der Waals surface area contributed by atoms with Crippen LogP contribution in [0.3, 0.4) is 0 Å². The molecule has 1 N–H and O–H groups in total. The molecule has 0 saturated heterocycles. The molecule has 0 unspecified atom stereocenters. The number of nitriles is 1. The molecule has 0 aliphatic carbocycles. The minimum absolute atomic E-state index is 0.0618. The van der Waals surface area contributed by atoms with Gasteiger partial charge in [-0.1, -0.05) is 18.2 Å². The number of nitrogens with zero attached hydrogens (tertiary/aromatic N) is 2. The Kier molecular flexibility index (Phi) is 5.47. The van der Waals surface area contributed by atoms with E-state index in [1.165, 1.54) is 24.3 Å². The van der Waals surface area contributed by atoms with Gasteiger partial charge >= 0.3 is 12.1 Å². The number of alkyl halides is 3. The first-order valence-corrected chi connectivity index (χ1v) is 8.55. The highest BCUT2D eigenvalue weighted by Crippen LogP contribution is 2.37. The van der Waals surface area contributed by atoms with Crippen LogP contribution in [0.2, 0.25) is 0 Å². The number of carbonyl (C=O) groups is 2. The molecule has 1 amide bonds. The number of pyridine rings is 1. The first-order valence-electron chi connectivity index (χ1n) is 8.55. The quantitative estimate of drug-likeness (QED) is 0.640. The number of aryl methyl sites for hydroxylation is 1. The van der Waals surface area contributed by atoms with Gasteiger partial charge in [-0.05, 0) is 19.9 Å². The monoisotopic (exact) mass is 417 g/mol. The molecule has 0 atom stereocenters. The fourth-order valence-corrected chi connectivity index (χ4v) is 2.82. The highest BCUT2D eigenvalue weighted by Gasteiger charge is 2.38. The Morgan fingerprint density at radius 2 is 1.97 bits per heavy atom. The molecule has 0 fully saturated rings. The SMILES string of the molecule is Cc1oc(NC(=O)COC(=O)c2cnc3ccccc3c2C(F)(F)F)c(C#N)c1C. The standard InChI is InChI=1S/C20H14F3N3O4/c1-10-11(2)30-18(13(10)7-24)26-16(27)9-29-19(28)14-8-25-15-6-4-3-5-12(15)17(14)20(21,22)23/h3-6,8H,9H2,1-2H3,(H,26,27). The molecule has 0 bridgehead atoms. The van der Waals surface area contributed by atoms with Gasteiger partial charge in [0, 0.05) is 17.1 Å². The van der Waals surface area contributed by atoms with Crippen molar-refractivity contribution in [2.24, 2.45) is 0 Å². The molecule has 3 rings (SSSR count). The molecule has 0 spiro atoms. The first kappa shape index (κ1) is 20.9. The van der Waals surface area contributed by atoms with E-state index in [-0.39, 0.29) is 22.4 Å². The van der Waals surface area contributed by atoms with Crippen molar-refractivity contribution < 1.29 is 31.9 Å². The summed E-state index contributed by atoms with van der Waals surface area (Å²) in [6.07, 6.45) is -4.08. The summed E-state index contributed by atoms with van der Waals surface area (Å²) in [6.45, 7) is 2.34. The van der Waals surface area contributed by atoms with Crippen molar-refractivity contribution in [3.8, 4) is 6.07 Å². The third-order valence-electron chi connectivity index (χ3n) is 4.36. The molecule has 0 saturated carbocycles. The summed E-state index contributed by atoms with van der Waals surface area (Å²) < 4.78 is 50.8. The fourth-order valence-electron chi connectivity index (χ4n) is 2.82. The lowest BCUT2D eigenvalue weighted by Crippen LogP contribution is -2.23. The van der Waals surface area contributed by atoms with Gasteiger partial charge in [0.05, 0.1) is 16.6 Å². The van der Waals surface area contributed by atoms with Crippen molar-refractivity contribution in [1.29, 1.82) is 5.26 Å². The van der Waals surface area contributed by atoms with E-state index in [0.717, 1.165) is 6.20 Å². The third kappa shape index (κ3) is 3.96. The molecule has 7 nitrogen and oxygen atoms in total. The summed E-state index contributed by atoms with van der Waals surface area (Å²) >= 11 is 0. The largest absolute Gasteiger partial charge is 0.452 e. The van der Waals surface area contributed by atoms with E-state index in [1.807, 2.05) is 6.07 Å². The maximum Gasteiger partial charge on any atom is 0.417 e. The van der Waals surface area contributed by atoms with Crippen LogP contribution in [0.4, 0.5) is 19.1 Å². The number of amides is 1. The van der Waals surface area contributed by atoms with Crippen LogP contribution < -0.4 is 5.32 Å². The van der Waals surface area contributed by atoms with Gasteiger partial charge in [-0.25, -0.2) is 4.79 Å². The fraction of sp³-hybridized carbons (Fsp3) is 0.200. The summed E-state index contributed by atoms with van der Waals surface area (Å²) in [4.78, 5) is 28.2. The number of anilines is 1. The van der Waals surface area contributed by atoms with E-state index in [2.05, 4.69) is 10.3 Å². The second-order valence-electron chi connectivity index (χ2n) is 6.29. The minimum atomic E-state index is -4.84. The van der Waals surface area contributed by atoms with E-state index >= 15 is 0 Å². The lowest BCUT2D eigenvalue weighted by atomic mass is 10.0. The van der Waals surface area contributed by atoms with Gasteiger partial charge < -0.3 is 9.15 Å². The number of carbonyl (C=O) groups excluding carboxylic acids is 2. The van der Waals surface area contributed by atoms with Crippen LogP contribution in [0, 0.1) is 25.2 Å². The maximum absolute atomic E-state index is 13.6. The molecule has 2 heterocycles. The number of esters is 1. The highest BCUT2D eigenvalue weighted by molar-refractivity contribution is 5.99. The Morgan fingerprint density at radius 3 is 2.63 bits per heavy atom. The zero-order valence-corrected chi connectivity index (χ0v) is 15.8. The average Bonchev–Trinajstić information content (AvgIpc) is 2.96. The van der Waals surface area contributed by atoms with Crippen LogP contribution >= 0.6 is 0 Å². The normalized spacial score (nSPS) is 11.2. The number of hydrogen-bond acceptors (Lipinski definition) is 6. The summed E-state index contributed by atoms with van der Waals surface area (Å²) in [5.41, 5.74) is -1.31. The summed E-state index contributed by atoms with van der Waals surface area (Å²) in [7, 11) is 0. The molecule has 10 heteroatoms. The smallest absolute Gasteiger partial charge is 0.417 e. The Hall–Kier alpha value is -3.87. The number of aromatic nitrogens is 1. The lowest BCUT2D eigenvalue weighted by Gasteiger charge is -2.14. The molecule has 154 valence electrons. The molecular weight excluding hydrogens is 403 g/mol. The second kappa shape index (κ2) is 7.87. The number of para-hydroxylation sites is 1. The topological polar surface area (TPSA) is 105 Å². The summed E-state index contributed by atoms with van der Waals surface area (Å²) in [6, 6.07) is 7.36. The zero-order chi connectivity index (χ0) is 22.1. The Morgan fingerprint density at radius 1 is 1.27 bits per heavy atom. The van der Waals surface area contributed by atoms with Gasteiger partial charge in [0.25, 0.3) is 5.91 Å². The number of fused-ring (bicyclic) bond motifs is 1. The minimum Gasteiger partial charge on any atom is -0.452 e. The molecule has 0 radical (unpaired) electrons.